The molecule has 0 saturated carbocycles. The molecule has 0 saturated heterocycles. The van der Waals surface area contributed by atoms with Crippen LogP contribution < -0.4 is 5.73 Å². The van der Waals surface area contributed by atoms with E-state index in [-0.39, 0.29) is 13.1 Å². The number of aryl methyl sites for hydroxylation is 1. The number of nitrogens with zero attached hydrogens (tertiary/aromatic N) is 3. The van der Waals surface area contributed by atoms with Crippen LogP contribution in [0.4, 0.5) is 13.2 Å². The van der Waals surface area contributed by atoms with Gasteiger partial charge in [-0.25, -0.2) is 4.98 Å². The highest BCUT2D eigenvalue weighted by molar-refractivity contribution is 4.88. The number of rotatable bonds is 6. The molecule has 0 aliphatic heterocycles. The van der Waals surface area contributed by atoms with E-state index in [4.69, 9.17) is 5.73 Å². The summed E-state index contributed by atoms with van der Waals surface area (Å²) in [5.74, 6) is 0.796. The topological polar surface area (TPSA) is 47.1 Å². The van der Waals surface area contributed by atoms with Gasteiger partial charge in [-0.05, 0) is 6.92 Å². The van der Waals surface area contributed by atoms with Crippen LogP contribution in [0.3, 0.4) is 0 Å². The molecule has 7 heteroatoms. The predicted octanol–water partition coefficient (Wildman–Crippen LogP) is 1.01. The number of halogens is 3. The molecule has 2 N–H and O–H groups in total. The van der Waals surface area contributed by atoms with Gasteiger partial charge < -0.3 is 10.3 Å². The zero-order valence-corrected chi connectivity index (χ0v) is 9.74. The Kier molecular flexibility index (Phi) is 4.95. The molecule has 1 rings (SSSR count). The van der Waals surface area contributed by atoms with E-state index in [0.717, 1.165) is 5.82 Å². The third kappa shape index (κ3) is 5.18. The van der Waals surface area contributed by atoms with E-state index in [1.165, 1.54) is 4.90 Å². The fraction of sp³-hybridized carbons (Fsp3) is 0.700. The average molecular weight is 250 g/mol. The van der Waals surface area contributed by atoms with Crippen LogP contribution in [-0.4, -0.2) is 46.8 Å². The molecule has 0 aliphatic carbocycles. The Hall–Kier alpha value is -1.08. The van der Waals surface area contributed by atoms with Crippen LogP contribution in [0.1, 0.15) is 5.82 Å². The largest absolute Gasteiger partial charge is 0.401 e. The van der Waals surface area contributed by atoms with Crippen molar-refractivity contribution in [2.75, 3.05) is 26.2 Å². The Bertz CT molecular complexity index is 335. The lowest BCUT2D eigenvalue weighted by Crippen LogP contribution is -2.39. The van der Waals surface area contributed by atoms with Crippen molar-refractivity contribution in [3.8, 4) is 0 Å². The van der Waals surface area contributed by atoms with Gasteiger partial charge in [-0.15, -0.1) is 0 Å². The van der Waals surface area contributed by atoms with Gasteiger partial charge in [0.1, 0.15) is 5.82 Å². The number of nitrogens with two attached hydrogens (primary N) is 1. The van der Waals surface area contributed by atoms with E-state index < -0.39 is 12.7 Å². The fourth-order valence-corrected chi connectivity index (χ4v) is 1.60. The number of imidazole rings is 1. The molecule has 1 aromatic rings. The summed E-state index contributed by atoms with van der Waals surface area (Å²) >= 11 is 0. The Morgan fingerprint density at radius 1 is 1.41 bits per heavy atom. The van der Waals surface area contributed by atoms with Crippen LogP contribution in [0.2, 0.25) is 0 Å². The van der Waals surface area contributed by atoms with Gasteiger partial charge in [-0.3, -0.25) is 4.90 Å². The monoisotopic (exact) mass is 250 g/mol. The Morgan fingerprint density at radius 2 is 2.12 bits per heavy atom. The molecule has 0 spiro atoms. The summed E-state index contributed by atoms with van der Waals surface area (Å²) in [4.78, 5) is 5.32. The first-order valence-electron chi connectivity index (χ1n) is 5.39. The molecule has 0 amide bonds. The molecular formula is C10H17F3N4. The minimum absolute atomic E-state index is 0.221. The number of aromatic nitrogens is 2. The third-order valence-corrected chi connectivity index (χ3v) is 2.43. The van der Waals surface area contributed by atoms with Crippen molar-refractivity contribution in [2.45, 2.75) is 19.6 Å². The summed E-state index contributed by atoms with van der Waals surface area (Å²) in [6.07, 6.45) is -0.797. The molecule has 0 radical (unpaired) electrons. The van der Waals surface area contributed by atoms with Crippen molar-refractivity contribution < 1.29 is 13.2 Å². The molecule has 0 bridgehead atoms. The second-order valence-electron chi connectivity index (χ2n) is 3.85. The van der Waals surface area contributed by atoms with Crippen molar-refractivity contribution in [2.24, 2.45) is 5.73 Å². The molecule has 0 unspecified atom stereocenters. The minimum atomic E-state index is -4.18. The van der Waals surface area contributed by atoms with Gasteiger partial charge in [0.05, 0.1) is 6.54 Å². The van der Waals surface area contributed by atoms with Gasteiger partial charge in [-0.2, -0.15) is 13.2 Å². The summed E-state index contributed by atoms with van der Waals surface area (Å²) in [6.45, 7) is 2.16. The predicted molar refractivity (Wildman–Crippen MR) is 58.5 cm³/mol. The molecule has 4 nitrogen and oxygen atoms in total. The van der Waals surface area contributed by atoms with Gasteiger partial charge in [0, 0.05) is 38.6 Å². The summed E-state index contributed by atoms with van der Waals surface area (Å²) in [7, 11) is 0. The molecule has 17 heavy (non-hydrogen) atoms. The van der Waals surface area contributed by atoms with Crippen LogP contribution in [0.15, 0.2) is 12.4 Å². The molecule has 0 atom stereocenters. The molecule has 1 heterocycles. The molecule has 0 aromatic carbocycles. The van der Waals surface area contributed by atoms with Gasteiger partial charge >= 0.3 is 6.18 Å². The van der Waals surface area contributed by atoms with E-state index in [2.05, 4.69) is 4.98 Å². The zero-order valence-electron chi connectivity index (χ0n) is 9.74. The standard InChI is InChI=1S/C10H17F3N4/c1-9-15-3-5-17(9)7-6-16(4-2-14)8-10(11,12)13/h3,5H,2,4,6-8,14H2,1H3. The zero-order chi connectivity index (χ0) is 12.9. The van der Waals surface area contributed by atoms with Crippen LogP contribution in [0.5, 0.6) is 0 Å². The van der Waals surface area contributed by atoms with Crippen molar-refractivity contribution in [1.29, 1.82) is 0 Å². The highest BCUT2D eigenvalue weighted by Crippen LogP contribution is 2.16. The second-order valence-corrected chi connectivity index (χ2v) is 3.85. The minimum Gasteiger partial charge on any atom is -0.334 e. The van der Waals surface area contributed by atoms with Crippen LogP contribution >= 0.6 is 0 Å². The quantitative estimate of drug-likeness (QED) is 0.819. The van der Waals surface area contributed by atoms with Crippen molar-refractivity contribution in [3.05, 3.63) is 18.2 Å². The molecule has 98 valence electrons. The first-order valence-corrected chi connectivity index (χ1v) is 5.39. The maximum atomic E-state index is 12.3. The average Bonchev–Trinajstić information content (AvgIpc) is 2.59. The summed E-state index contributed by atoms with van der Waals surface area (Å²) < 4.78 is 38.6. The Balaban J connectivity index is 2.47. The first-order chi connectivity index (χ1) is 7.92. The van der Waals surface area contributed by atoms with Crippen molar-refractivity contribution in [1.82, 2.24) is 14.5 Å². The maximum Gasteiger partial charge on any atom is 0.401 e. The summed E-state index contributed by atoms with van der Waals surface area (Å²) in [5.41, 5.74) is 5.30. The molecule has 0 fully saturated rings. The fourth-order valence-electron chi connectivity index (χ4n) is 1.60. The third-order valence-electron chi connectivity index (χ3n) is 2.43. The van der Waals surface area contributed by atoms with E-state index in [1.54, 1.807) is 12.4 Å². The maximum absolute atomic E-state index is 12.3. The van der Waals surface area contributed by atoms with Gasteiger partial charge in [0.15, 0.2) is 0 Å². The number of alkyl halides is 3. The highest BCUT2D eigenvalue weighted by Gasteiger charge is 2.30. The van der Waals surface area contributed by atoms with Crippen LogP contribution in [-0.2, 0) is 6.54 Å². The summed E-state index contributed by atoms with van der Waals surface area (Å²) in [6, 6.07) is 0. The van der Waals surface area contributed by atoms with Gasteiger partial charge in [0.2, 0.25) is 0 Å². The lowest BCUT2D eigenvalue weighted by molar-refractivity contribution is -0.145. The number of hydrogen-bond donors (Lipinski definition) is 1. The van der Waals surface area contributed by atoms with E-state index in [0.29, 0.717) is 13.1 Å². The Labute approximate surface area is 98.2 Å². The lowest BCUT2D eigenvalue weighted by Gasteiger charge is -2.23. The molecule has 1 aromatic heterocycles. The number of hydrogen-bond acceptors (Lipinski definition) is 3. The van der Waals surface area contributed by atoms with E-state index >= 15 is 0 Å². The van der Waals surface area contributed by atoms with E-state index in [1.807, 2.05) is 11.5 Å². The molecule has 0 aliphatic rings. The van der Waals surface area contributed by atoms with Crippen molar-refractivity contribution in [3.63, 3.8) is 0 Å². The summed E-state index contributed by atoms with van der Waals surface area (Å²) in [5, 5.41) is 0. The van der Waals surface area contributed by atoms with Crippen LogP contribution in [0.25, 0.3) is 0 Å². The normalized spacial score (nSPS) is 12.4. The van der Waals surface area contributed by atoms with Gasteiger partial charge in [0.25, 0.3) is 0 Å². The highest BCUT2D eigenvalue weighted by atomic mass is 19.4. The second kappa shape index (κ2) is 6.02. The SMILES string of the molecule is Cc1nccn1CCN(CCN)CC(F)(F)F. The van der Waals surface area contributed by atoms with Crippen molar-refractivity contribution >= 4 is 0 Å². The Morgan fingerprint density at radius 3 is 2.59 bits per heavy atom. The molecular weight excluding hydrogens is 233 g/mol. The first kappa shape index (κ1) is 14.0. The van der Waals surface area contributed by atoms with Gasteiger partial charge in [-0.1, -0.05) is 0 Å². The lowest BCUT2D eigenvalue weighted by atomic mass is 10.4. The van der Waals surface area contributed by atoms with E-state index in [9.17, 15) is 13.2 Å². The van der Waals surface area contributed by atoms with Crippen LogP contribution in [0, 0.1) is 6.92 Å². The smallest absolute Gasteiger partial charge is 0.334 e.